The normalized spacial score (nSPS) is 12.6. The second-order valence-electron chi connectivity index (χ2n) is 5.84. The molecule has 9 heteroatoms. The number of aryl methyl sites for hydroxylation is 2. The standard InChI is InChI=1S/C17H17N7OS/c1-4-26(25)13-5-6-14(24-10-18-9-20-24)22-15(13)17-21-12-7-11(2)8-19-16(12)23(17)3/h5-10H,4H2,1-3H3. The Kier molecular flexibility index (Phi) is 4.08. The van der Waals surface area contributed by atoms with Crippen molar-refractivity contribution in [1.82, 2.24) is 34.3 Å². The van der Waals surface area contributed by atoms with Gasteiger partial charge in [-0.15, -0.1) is 0 Å². The minimum absolute atomic E-state index is 0.499. The molecule has 1 atom stereocenters. The van der Waals surface area contributed by atoms with Crippen LogP contribution in [-0.2, 0) is 17.8 Å². The maximum Gasteiger partial charge on any atom is 0.162 e. The number of hydrogen-bond donors (Lipinski definition) is 0. The lowest BCUT2D eigenvalue weighted by molar-refractivity contribution is 0.683. The average molecular weight is 367 g/mol. The fourth-order valence-corrected chi connectivity index (χ4v) is 3.66. The second-order valence-corrected chi connectivity index (χ2v) is 7.55. The van der Waals surface area contributed by atoms with Crippen molar-refractivity contribution >= 4 is 22.0 Å². The first-order valence-electron chi connectivity index (χ1n) is 8.12. The molecule has 0 spiro atoms. The van der Waals surface area contributed by atoms with Crippen LogP contribution in [0.5, 0.6) is 0 Å². The van der Waals surface area contributed by atoms with Crippen LogP contribution in [-0.4, -0.2) is 44.2 Å². The summed E-state index contributed by atoms with van der Waals surface area (Å²) in [7, 11) is 0.711. The molecule has 4 aromatic heterocycles. The maximum atomic E-state index is 12.6. The molecule has 26 heavy (non-hydrogen) atoms. The summed E-state index contributed by atoms with van der Waals surface area (Å²) >= 11 is 0. The van der Waals surface area contributed by atoms with Crippen molar-refractivity contribution in [2.24, 2.45) is 7.05 Å². The van der Waals surface area contributed by atoms with E-state index in [0.717, 1.165) is 16.7 Å². The van der Waals surface area contributed by atoms with Gasteiger partial charge in [-0.3, -0.25) is 4.21 Å². The van der Waals surface area contributed by atoms with E-state index in [1.807, 2.05) is 37.6 Å². The Morgan fingerprint density at radius 3 is 2.81 bits per heavy atom. The highest BCUT2D eigenvalue weighted by molar-refractivity contribution is 7.85. The zero-order chi connectivity index (χ0) is 18.3. The van der Waals surface area contributed by atoms with E-state index in [9.17, 15) is 4.21 Å². The van der Waals surface area contributed by atoms with Crippen molar-refractivity contribution in [3.05, 3.63) is 42.6 Å². The molecule has 0 fully saturated rings. The third-order valence-corrected chi connectivity index (χ3v) is 5.41. The van der Waals surface area contributed by atoms with E-state index in [1.54, 1.807) is 23.3 Å². The number of hydrogen-bond acceptors (Lipinski definition) is 6. The number of aromatic nitrogens is 7. The molecule has 4 rings (SSSR count). The van der Waals surface area contributed by atoms with E-state index >= 15 is 0 Å². The highest BCUT2D eigenvalue weighted by atomic mass is 32.2. The van der Waals surface area contributed by atoms with Crippen molar-refractivity contribution in [1.29, 1.82) is 0 Å². The minimum atomic E-state index is -1.17. The lowest BCUT2D eigenvalue weighted by atomic mass is 10.3. The molecule has 8 nitrogen and oxygen atoms in total. The zero-order valence-electron chi connectivity index (χ0n) is 14.6. The fourth-order valence-electron chi connectivity index (χ4n) is 2.78. The maximum absolute atomic E-state index is 12.6. The van der Waals surface area contributed by atoms with Crippen LogP contribution in [0.4, 0.5) is 0 Å². The highest BCUT2D eigenvalue weighted by Crippen LogP contribution is 2.27. The first-order valence-corrected chi connectivity index (χ1v) is 9.44. The molecule has 1 unspecified atom stereocenters. The van der Waals surface area contributed by atoms with Crippen LogP contribution >= 0.6 is 0 Å². The third kappa shape index (κ3) is 2.70. The monoisotopic (exact) mass is 367 g/mol. The summed E-state index contributed by atoms with van der Waals surface area (Å²) in [6, 6.07) is 5.58. The molecule has 0 N–H and O–H groups in total. The Bertz CT molecular complexity index is 1120. The van der Waals surface area contributed by atoms with Crippen LogP contribution in [0.2, 0.25) is 0 Å². The van der Waals surface area contributed by atoms with E-state index < -0.39 is 10.8 Å². The van der Waals surface area contributed by atoms with Gasteiger partial charge in [0.25, 0.3) is 0 Å². The second kappa shape index (κ2) is 6.41. The van der Waals surface area contributed by atoms with Crippen LogP contribution in [0.1, 0.15) is 12.5 Å². The summed E-state index contributed by atoms with van der Waals surface area (Å²) in [6.45, 7) is 3.85. The summed E-state index contributed by atoms with van der Waals surface area (Å²) in [4.78, 5) is 18.5. The molecule has 0 saturated heterocycles. The van der Waals surface area contributed by atoms with Gasteiger partial charge in [-0.1, -0.05) is 6.92 Å². The summed E-state index contributed by atoms with van der Waals surface area (Å²) in [5, 5.41) is 4.12. The predicted octanol–water partition coefficient (Wildman–Crippen LogP) is 2.05. The van der Waals surface area contributed by atoms with Crippen LogP contribution in [0.3, 0.4) is 0 Å². The molecule has 4 heterocycles. The smallest absolute Gasteiger partial charge is 0.162 e. The topological polar surface area (TPSA) is 91.4 Å². The van der Waals surface area contributed by atoms with Crippen molar-refractivity contribution in [3.63, 3.8) is 0 Å². The zero-order valence-corrected chi connectivity index (χ0v) is 15.4. The Morgan fingerprint density at radius 2 is 2.08 bits per heavy atom. The molecule has 0 aliphatic heterocycles. The lowest BCUT2D eigenvalue weighted by Crippen LogP contribution is -2.07. The number of rotatable bonds is 4. The molecule has 0 aliphatic rings. The fraction of sp³-hybridized carbons (Fsp3) is 0.235. The minimum Gasteiger partial charge on any atom is -0.310 e. The predicted molar refractivity (Wildman–Crippen MR) is 98.3 cm³/mol. The van der Waals surface area contributed by atoms with Crippen LogP contribution in [0.25, 0.3) is 28.5 Å². The number of fused-ring (bicyclic) bond motifs is 1. The van der Waals surface area contributed by atoms with Gasteiger partial charge in [-0.05, 0) is 30.7 Å². The molecule has 0 aliphatic carbocycles. The van der Waals surface area contributed by atoms with Gasteiger partial charge >= 0.3 is 0 Å². The van der Waals surface area contributed by atoms with Gasteiger partial charge in [-0.25, -0.2) is 24.6 Å². The number of imidazole rings is 1. The quantitative estimate of drug-likeness (QED) is 0.548. The van der Waals surface area contributed by atoms with Crippen LogP contribution < -0.4 is 0 Å². The summed E-state index contributed by atoms with van der Waals surface area (Å²) in [6.07, 6.45) is 4.82. The first kappa shape index (κ1) is 16.5. The van der Waals surface area contributed by atoms with Gasteiger partial charge < -0.3 is 4.57 Å². The summed E-state index contributed by atoms with van der Waals surface area (Å²) in [5.74, 6) is 1.71. The first-order chi connectivity index (χ1) is 12.6. The Labute approximate surface area is 152 Å². The number of pyridine rings is 2. The molecule has 0 saturated carbocycles. The van der Waals surface area contributed by atoms with Gasteiger partial charge in [0.2, 0.25) is 0 Å². The largest absolute Gasteiger partial charge is 0.310 e. The van der Waals surface area contributed by atoms with Crippen molar-refractivity contribution in [2.45, 2.75) is 18.7 Å². The summed E-state index contributed by atoms with van der Waals surface area (Å²) in [5.41, 5.74) is 3.13. The highest BCUT2D eigenvalue weighted by Gasteiger charge is 2.20. The molecule has 0 radical (unpaired) electrons. The van der Waals surface area contributed by atoms with Crippen molar-refractivity contribution in [2.75, 3.05) is 5.75 Å². The van der Waals surface area contributed by atoms with E-state index in [2.05, 4.69) is 20.1 Å². The van der Waals surface area contributed by atoms with Gasteiger partial charge in [0.1, 0.15) is 23.9 Å². The van der Waals surface area contributed by atoms with Crippen LogP contribution in [0, 0.1) is 6.92 Å². The Balaban J connectivity index is 1.98. The van der Waals surface area contributed by atoms with Crippen molar-refractivity contribution in [3.8, 4) is 17.3 Å². The molecule has 0 bridgehead atoms. The molecule has 4 aromatic rings. The van der Waals surface area contributed by atoms with E-state index in [1.165, 1.54) is 6.33 Å². The van der Waals surface area contributed by atoms with E-state index in [4.69, 9.17) is 4.98 Å². The molecular weight excluding hydrogens is 350 g/mol. The van der Waals surface area contributed by atoms with Crippen LogP contribution in [0.15, 0.2) is 41.9 Å². The van der Waals surface area contributed by atoms with Gasteiger partial charge in [0.15, 0.2) is 17.3 Å². The summed E-state index contributed by atoms with van der Waals surface area (Å²) < 4.78 is 16.0. The Hall–Kier alpha value is -2.94. The number of nitrogens with zero attached hydrogens (tertiary/aromatic N) is 7. The van der Waals surface area contributed by atoms with Gasteiger partial charge in [-0.2, -0.15) is 5.10 Å². The Morgan fingerprint density at radius 1 is 1.23 bits per heavy atom. The third-order valence-electron chi connectivity index (χ3n) is 4.06. The SMILES string of the molecule is CCS(=O)c1ccc(-n2cncn2)nc1-c1nc2cc(C)cnc2n1C. The molecular formula is C17H17N7OS. The van der Waals surface area contributed by atoms with Crippen molar-refractivity contribution < 1.29 is 4.21 Å². The van der Waals surface area contributed by atoms with Gasteiger partial charge in [0.05, 0.1) is 15.7 Å². The van der Waals surface area contributed by atoms with Gasteiger partial charge in [0, 0.05) is 19.0 Å². The molecule has 132 valence electrons. The van der Waals surface area contributed by atoms with E-state index in [-0.39, 0.29) is 0 Å². The molecule has 0 aromatic carbocycles. The average Bonchev–Trinajstić information content (AvgIpc) is 3.29. The molecule has 0 amide bonds. The van der Waals surface area contributed by atoms with E-state index in [0.29, 0.717) is 28.0 Å². The lowest BCUT2D eigenvalue weighted by Gasteiger charge is -2.10.